The molecule has 0 amide bonds. The maximum atomic E-state index is 13.7. The smallest absolute Gasteiger partial charge is 0.871 e. The average Bonchev–Trinajstić information content (AvgIpc) is 3.16. The molecule has 0 saturated heterocycles. The van der Waals surface area contributed by atoms with Gasteiger partial charge in [0.05, 0.1) is 34.1 Å². The number of aryl methyl sites for hydroxylation is 2. The molecule has 7 rings (SSSR count). The van der Waals surface area contributed by atoms with Crippen molar-refractivity contribution in [3.05, 3.63) is 120 Å². The third kappa shape index (κ3) is 9.58. The van der Waals surface area contributed by atoms with E-state index in [9.17, 15) is 36.2 Å². The Kier molecular flexibility index (Phi) is 14.0. The minimum atomic E-state index is -4.99. The van der Waals surface area contributed by atoms with Crippen LogP contribution in [-0.4, -0.2) is 25.9 Å². The van der Waals surface area contributed by atoms with Crippen molar-refractivity contribution >= 4 is 87.3 Å². The number of nitrogens with zero attached hydrogens (tertiary/aromatic N) is 6. The van der Waals surface area contributed by atoms with E-state index in [4.69, 9.17) is 11.5 Å². The number of rotatable bonds is 9. The number of hydrogen-bond donors (Lipinski definition) is 4. The summed E-state index contributed by atoms with van der Waals surface area (Å²) < 4.78 is 68.4. The van der Waals surface area contributed by atoms with Gasteiger partial charge in [-0.2, -0.15) is 37.3 Å². The molecule has 0 bridgehead atoms. The summed E-state index contributed by atoms with van der Waals surface area (Å²) in [5, 5.41) is 51.6. The van der Waals surface area contributed by atoms with Crippen molar-refractivity contribution in [2.75, 3.05) is 11.5 Å². The second-order valence-electron chi connectivity index (χ2n) is 13.1. The Balaban J connectivity index is 0.00000341. The van der Waals surface area contributed by atoms with Gasteiger partial charge in [0.25, 0.3) is 20.2 Å². The summed E-state index contributed by atoms with van der Waals surface area (Å²) in [7, 11) is -9.60. The van der Waals surface area contributed by atoms with Crippen molar-refractivity contribution in [1.82, 2.24) is 0 Å². The third-order valence-corrected chi connectivity index (χ3v) is 10.9. The Morgan fingerprint density at radius 3 is 1.52 bits per heavy atom. The van der Waals surface area contributed by atoms with E-state index < -0.39 is 52.6 Å². The molecule has 60 heavy (non-hydrogen) atoms. The Hall–Kier alpha value is -5.12. The Morgan fingerprint density at radius 1 is 0.483 bits per heavy atom. The number of nitrogen functional groups attached to an aromatic ring is 2. The monoisotopic (exact) mass is 860 g/mol. The molecule has 20 heteroatoms. The molecule has 0 radical (unpaired) electrons. The maximum Gasteiger partial charge on any atom is 1.00 e. The van der Waals surface area contributed by atoms with E-state index in [1.165, 1.54) is 30.3 Å². The van der Waals surface area contributed by atoms with Gasteiger partial charge in [-0.15, -0.1) is 10.2 Å². The largest absolute Gasteiger partial charge is 1.00 e. The van der Waals surface area contributed by atoms with Crippen LogP contribution in [0.2, 0.25) is 0 Å². The van der Waals surface area contributed by atoms with Crippen LogP contribution in [0.5, 0.6) is 11.5 Å². The topological polar surface area (TPSA) is 281 Å². The second-order valence-corrected chi connectivity index (χ2v) is 15.8. The fourth-order valence-corrected chi connectivity index (χ4v) is 7.62. The van der Waals surface area contributed by atoms with Crippen LogP contribution in [0, 0.1) is 13.8 Å². The van der Waals surface area contributed by atoms with Gasteiger partial charge in [-0.3, -0.25) is 9.11 Å². The molecule has 0 spiro atoms. The molecule has 7 aromatic rings. The SMILES string of the molecule is Cc1cc(-c2ccc(N=Nc3ccc4c(S(=O)(=O)O)cc(N=Nc5ccc(S(=O)(=O)O)c6ccccc56)c([O-])c4c3[O-])c(C)c2)ccc1N=Nc1ccc(N)cc1N.[Na+].[Na+]. The van der Waals surface area contributed by atoms with Crippen LogP contribution in [0.3, 0.4) is 0 Å². The number of fused-ring (bicyclic) bond motifs is 2. The average molecular weight is 861 g/mol. The predicted octanol–water partition coefficient (Wildman–Crippen LogP) is 3.34. The molecular weight excluding hydrogens is 831 g/mol. The zero-order chi connectivity index (χ0) is 41.5. The van der Waals surface area contributed by atoms with Crippen molar-refractivity contribution in [3.63, 3.8) is 0 Å². The summed E-state index contributed by atoms with van der Waals surface area (Å²) in [6.07, 6.45) is 0. The van der Waals surface area contributed by atoms with Crippen LogP contribution in [-0.2, 0) is 20.2 Å². The normalized spacial score (nSPS) is 12.1. The van der Waals surface area contributed by atoms with Crippen molar-refractivity contribution in [1.29, 1.82) is 0 Å². The van der Waals surface area contributed by atoms with Crippen molar-refractivity contribution in [2.24, 2.45) is 30.7 Å². The summed E-state index contributed by atoms with van der Waals surface area (Å²) in [5.74, 6) is -1.98. The summed E-state index contributed by atoms with van der Waals surface area (Å²) in [5.41, 5.74) is 16.7. The summed E-state index contributed by atoms with van der Waals surface area (Å²) >= 11 is 0. The van der Waals surface area contributed by atoms with Gasteiger partial charge in [0, 0.05) is 21.8 Å². The minimum Gasteiger partial charge on any atom is -0.871 e. The second kappa shape index (κ2) is 18.2. The van der Waals surface area contributed by atoms with Crippen LogP contribution in [0.15, 0.2) is 150 Å². The fourth-order valence-electron chi connectivity index (χ4n) is 6.21. The van der Waals surface area contributed by atoms with Crippen molar-refractivity contribution in [2.45, 2.75) is 23.6 Å². The molecule has 0 atom stereocenters. The molecule has 0 saturated carbocycles. The predicted molar refractivity (Wildman–Crippen MR) is 216 cm³/mol. The maximum absolute atomic E-state index is 13.7. The standard InChI is InChI=1S/C40H32N8O8S2.2Na/c1-21-17-23(7-11-30(21)43-46-33-13-9-25(41)19-29(33)42)24-8-12-31(22(2)18-24)44-47-34-14-10-28-37(58(54,55)56)20-35(40(50)38(28)39(34)49)48-45-32-15-16-36(57(51,52)53)27-6-4-3-5-26(27)32;;/h3-20,49-50H,41-42H2,1-2H3,(H,51,52,53)(H,54,55,56);;/q;2*+1/p-2. The van der Waals surface area contributed by atoms with E-state index >= 15 is 0 Å². The molecular formula is C40H30N8Na2O8S2. The zero-order valence-corrected chi connectivity index (χ0v) is 38.0. The molecule has 16 nitrogen and oxygen atoms in total. The van der Waals surface area contributed by atoms with Crippen molar-refractivity contribution in [3.8, 4) is 22.6 Å². The first-order valence-corrected chi connectivity index (χ1v) is 19.9. The van der Waals surface area contributed by atoms with E-state index in [1.54, 1.807) is 37.3 Å². The molecule has 0 aliphatic heterocycles. The fraction of sp³-hybridized carbons (Fsp3) is 0.0500. The van der Waals surface area contributed by atoms with Crippen LogP contribution in [0.1, 0.15) is 11.1 Å². The number of benzene rings is 7. The number of nitrogens with two attached hydrogens (primary N) is 2. The number of azo groups is 3. The third-order valence-electron chi connectivity index (χ3n) is 9.12. The molecule has 0 aliphatic rings. The van der Waals surface area contributed by atoms with E-state index in [0.717, 1.165) is 34.9 Å². The minimum absolute atomic E-state index is 0. The van der Waals surface area contributed by atoms with Gasteiger partial charge in [0.15, 0.2) is 0 Å². The molecule has 0 unspecified atom stereocenters. The van der Waals surface area contributed by atoms with Gasteiger partial charge in [-0.25, -0.2) is 0 Å². The summed E-state index contributed by atoms with van der Waals surface area (Å²) in [6.45, 7) is 3.70. The first-order chi connectivity index (χ1) is 27.5. The first-order valence-electron chi connectivity index (χ1n) is 17.1. The van der Waals surface area contributed by atoms with E-state index in [1.807, 2.05) is 37.3 Å². The van der Waals surface area contributed by atoms with Crippen LogP contribution in [0.4, 0.5) is 45.5 Å². The van der Waals surface area contributed by atoms with Crippen LogP contribution in [0.25, 0.3) is 32.7 Å². The van der Waals surface area contributed by atoms with E-state index in [2.05, 4.69) is 30.7 Å². The first kappa shape index (κ1) is 46.0. The van der Waals surface area contributed by atoms with Gasteiger partial charge in [-0.05, 0) is 108 Å². The Bertz CT molecular complexity index is 3170. The molecule has 7 aromatic carbocycles. The summed E-state index contributed by atoms with van der Waals surface area (Å²) in [6, 6.07) is 27.5. The van der Waals surface area contributed by atoms with E-state index in [-0.39, 0.29) is 86.6 Å². The molecule has 0 heterocycles. The van der Waals surface area contributed by atoms with Crippen LogP contribution < -0.4 is 80.8 Å². The van der Waals surface area contributed by atoms with E-state index in [0.29, 0.717) is 34.0 Å². The Labute approximate surface area is 387 Å². The molecule has 292 valence electrons. The zero-order valence-electron chi connectivity index (χ0n) is 32.4. The van der Waals surface area contributed by atoms with Gasteiger partial charge < -0.3 is 21.7 Å². The molecule has 0 aromatic heterocycles. The Morgan fingerprint density at radius 2 is 0.950 bits per heavy atom. The van der Waals surface area contributed by atoms with Crippen LogP contribution >= 0.6 is 0 Å². The van der Waals surface area contributed by atoms with Gasteiger partial charge in [-0.1, -0.05) is 54.0 Å². The number of anilines is 2. The molecule has 0 fully saturated rings. The molecule has 0 aliphatic carbocycles. The van der Waals surface area contributed by atoms with Gasteiger partial charge in [0.2, 0.25) is 0 Å². The van der Waals surface area contributed by atoms with Gasteiger partial charge in [0.1, 0.15) is 15.5 Å². The molecule has 6 N–H and O–H groups in total. The summed E-state index contributed by atoms with van der Waals surface area (Å²) in [4.78, 5) is -1.16. The quantitative estimate of drug-likeness (QED) is 0.0711. The number of hydrogen-bond acceptors (Lipinski definition) is 14. The van der Waals surface area contributed by atoms with Gasteiger partial charge >= 0.3 is 59.1 Å². The van der Waals surface area contributed by atoms with Crippen molar-refractivity contribution < 1.29 is 95.3 Å².